The number of nitrogens with one attached hydrogen (secondary N) is 1. The standard InChI is InChI=1S/C17H25F3N4O2S.HI/c1-21-16(22-9-15-23-14(11-27-15)17(18,19)20)24-6-4-12(5-7-24)26-10-13-3-2-8-25-13;/h11-13H,2-10H2,1H3,(H,21,22);1H. The molecule has 3 rings (SSSR count). The normalized spacial score (nSPS) is 21.6. The van der Waals surface area contributed by atoms with E-state index in [0.29, 0.717) is 17.6 Å². The van der Waals surface area contributed by atoms with Crippen molar-refractivity contribution in [2.24, 2.45) is 4.99 Å². The van der Waals surface area contributed by atoms with Crippen molar-refractivity contribution in [3.8, 4) is 0 Å². The molecule has 2 saturated heterocycles. The molecule has 1 aromatic heterocycles. The Balaban J connectivity index is 0.00000280. The average Bonchev–Trinajstić information content (AvgIpc) is 3.33. The number of piperidine rings is 1. The van der Waals surface area contributed by atoms with Crippen LogP contribution in [0.2, 0.25) is 0 Å². The van der Waals surface area contributed by atoms with Crippen LogP contribution in [0.15, 0.2) is 10.4 Å². The Hall–Kier alpha value is -0.660. The first-order chi connectivity index (χ1) is 13.0. The minimum atomic E-state index is -4.40. The highest BCUT2D eigenvalue weighted by molar-refractivity contribution is 14.0. The fourth-order valence-electron chi connectivity index (χ4n) is 3.26. The number of guanidine groups is 1. The van der Waals surface area contributed by atoms with Gasteiger partial charge in [0.1, 0.15) is 5.01 Å². The van der Waals surface area contributed by atoms with Crippen molar-refractivity contribution in [3.05, 3.63) is 16.1 Å². The maximum Gasteiger partial charge on any atom is 0.434 e. The number of likely N-dealkylation sites (tertiary alicyclic amines) is 1. The number of aliphatic imine (C=N–C) groups is 1. The Bertz CT molecular complexity index is 630. The second-order valence-corrected chi connectivity index (χ2v) is 7.62. The predicted molar refractivity (Wildman–Crippen MR) is 112 cm³/mol. The van der Waals surface area contributed by atoms with E-state index in [9.17, 15) is 13.2 Å². The third-order valence-electron chi connectivity index (χ3n) is 4.74. The summed E-state index contributed by atoms with van der Waals surface area (Å²) in [5.74, 6) is 0.677. The molecule has 2 aliphatic heterocycles. The van der Waals surface area contributed by atoms with Crippen LogP contribution in [0.4, 0.5) is 13.2 Å². The van der Waals surface area contributed by atoms with Crippen LogP contribution in [-0.2, 0) is 22.2 Å². The number of thiazole rings is 1. The molecule has 2 fully saturated rings. The van der Waals surface area contributed by atoms with Gasteiger partial charge in [-0.05, 0) is 25.7 Å². The highest BCUT2D eigenvalue weighted by Gasteiger charge is 2.33. The number of nitrogens with zero attached hydrogens (tertiary/aromatic N) is 3. The van der Waals surface area contributed by atoms with Gasteiger partial charge in [-0.1, -0.05) is 0 Å². The molecule has 1 unspecified atom stereocenters. The third kappa shape index (κ3) is 6.70. The number of aromatic nitrogens is 1. The fourth-order valence-corrected chi connectivity index (χ4v) is 4.00. The summed E-state index contributed by atoms with van der Waals surface area (Å²) >= 11 is 0.996. The fraction of sp³-hybridized carbons (Fsp3) is 0.765. The van der Waals surface area contributed by atoms with Gasteiger partial charge in [0.2, 0.25) is 0 Å². The van der Waals surface area contributed by atoms with E-state index in [1.807, 2.05) is 0 Å². The van der Waals surface area contributed by atoms with Crippen molar-refractivity contribution >= 4 is 41.3 Å². The Kier molecular flexibility index (Phi) is 9.22. The lowest BCUT2D eigenvalue weighted by molar-refractivity contribution is -0.140. The Morgan fingerprint density at radius 2 is 2.14 bits per heavy atom. The molecule has 0 radical (unpaired) electrons. The van der Waals surface area contributed by atoms with Crippen LogP contribution in [0.5, 0.6) is 0 Å². The molecule has 11 heteroatoms. The van der Waals surface area contributed by atoms with E-state index in [-0.39, 0.29) is 42.7 Å². The van der Waals surface area contributed by atoms with Gasteiger partial charge >= 0.3 is 6.18 Å². The van der Waals surface area contributed by atoms with Crippen molar-refractivity contribution in [1.82, 2.24) is 15.2 Å². The Morgan fingerprint density at radius 1 is 1.39 bits per heavy atom. The Morgan fingerprint density at radius 3 is 2.71 bits per heavy atom. The number of halogens is 4. The highest BCUT2D eigenvalue weighted by atomic mass is 127. The highest BCUT2D eigenvalue weighted by Crippen LogP contribution is 2.30. The molecule has 2 aliphatic rings. The van der Waals surface area contributed by atoms with Crippen LogP contribution in [0.25, 0.3) is 0 Å². The SMILES string of the molecule is CN=C(NCc1nc(C(F)(F)F)cs1)N1CCC(OCC2CCCO2)CC1.I. The molecule has 0 bridgehead atoms. The van der Waals surface area contributed by atoms with Gasteiger partial charge in [0.25, 0.3) is 0 Å². The smallest absolute Gasteiger partial charge is 0.376 e. The summed E-state index contributed by atoms with van der Waals surface area (Å²) in [7, 11) is 1.67. The molecule has 1 atom stereocenters. The van der Waals surface area contributed by atoms with Gasteiger partial charge < -0.3 is 19.7 Å². The van der Waals surface area contributed by atoms with Gasteiger partial charge in [-0.25, -0.2) is 4.98 Å². The van der Waals surface area contributed by atoms with Crippen LogP contribution in [-0.4, -0.2) is 61.4 Å². The molecule has 0 aromatic carbocycles. The molecule has 0 amide bonds. The molecule has 0 spiro atoms. The quantitative estimate of drug-likeness (QED) is 0.356. The van der Waals surface area contributed by atoms with E-state index < -0.39 is 11.9 Å². The van der Waals surface area contributed by atoms with E-state index >= 15 is 0 Å². The zero-order valence-electron chi connectivity index (χ0n) is 15.7. The number of hydrogen-bond donors (Lipinski definition) is 1. The summed E-state index contributed by atoms with van der Waals surface area (Å²) in [5, 5.41) is 4.53. The van der Waals surface area contributed by atoms with Crippen molar-refractivity contribution in [2.45, 2.75) is 50.6 Å². The molecule has 28 heavy (non-hydrogen) atoms. The summed E-state index contributed by atoms with van der Waals surface area (Å²) in [6.45, 7) is 3.30. The lowest BCUT2D eigenvalue weighted by Gasteiger charge is -2.34. The van der Waals surface area contributed by atoms with Gasteiger partial charge in [0.05, 0.1) is 25.4 Å². The summed E-state index contributed by atoms with van der Waals surface area (Å²) in [6.07, 6.45) is 0.0163. The second-order valence-electron chi connectivity index (χ2n) is 6.68. The minimum Gasteiger partial charge on any atom is -0.376 e. The molecular formula is C17H26F3IN4O2S. The third-order valence-corrected chi connectivity index (χ3v) is 5.58. The van der Waals surface area contributed by atoms with E-state index in [1.165, 1.54) is 0 Å². The number of rotatable bonds is 5. The Labute approximate surface area is 183 Å². The van der Waals surface area contributed by atoms with Crippen molar-refractivity contribution < 1.29 is 22.6 Å². The summed E-state index contributed by atoms with van der Waals surface area (Å²) < 4.78 is 49.4. The van der Waals surface area contributed by atoms with Crippen LogP contribution in [0.1, 0.15) is 36.4 Å². The second kappa shape index (κ2) is 10.9. The molecule has 1 aromatic rings. The predicted octanol–water partition coefficient (Wildman–Crippen LogP) is 3.52. The molecule has 1 N–H and O–H groups in total. The maximum atomic E-state index is 12.6. The summed E-state index contributed by atoms with van der Waals surface area (Å²) in [6, 6.07) is 0. The summed E-state index contributed by atoms with van der Waals surface area (Å²) in [5.41, 5.74) is -0.844. The van der Waals surface area contributed by atoms with Crippen LogP contribution < -0.4 is 5.32 Å². The minimum absolute atomic E-state index is 0. The van der Waals surface area contributed by atoms with E-state index in [2.05, 4.69) is 20.2 Å². The zero-order chi connectivity index (χ0) is 19.3. The maximum absolute atomic E-state index is 12.6. The molecule has 3 heterocycles. The van der Waals surface area contributed by atoms with Gasteiger partial charge in [0.15, 0.2) is 11.7 Å². The van der Waals surface area contributed by atoms with E-state index in [4.69, 9.17) is 9.47 Å². The van der Waals surface area contributed by atoms with Crippen molar-refractivity contribution in [2.75, 3.05) is 33.4 Å². The van der Waals surface area contributed by atoms with Gasteiger partial charge in [0, 0.05) is 32.1 Å². The first kappa shape index (κ1) is 23.6. The largest absolute Gasteiger partial charge is 0.434 e. The van der Waals surface area contributed by atoms with Crippen LogP contribution >= 0.6 is 35.3 Å². The van der Waals surface area contributed by atoms with Crippen LogP contribution in [0, 0.1) is 0 Å². The van der Waals surface area contributed by atoms with Gasteiger partial charge in [-0.3, -0.25) is 4.99 Å². The first-order valence-corrected chi connectivity index (χ1v) is 10.0. The van der Waals surface area contributed by atoms with Crippen molar-refractivity contribution in [3.63, 3.8) is 0 Å². The number of hydrogen-bond acceptors (Lipinski definition) is 5. The average molecular weight is 534 g/mol. The molecular weight excluding hydrogens is 508 g/mol. The topological polar surface area (TPSA) is 59.0 Å². The van der Waals surface area contributed by atoms with E-state index in [1.54, 1.807) is 7.05 Å². The first-order valence-electron chi connectivity index (χ1n) is 9.16. The van der Waals surface area contributed by atoms with Crippen LogP contribution in [0.3, 0.4) is 0 Å². The molecule has 0 aliphatic carbocycles. The van der Waals surface area contributed by atoms with Gasteiger partial charge in [-0.2, -0.15) is 13.2 Å². The number of alkyl halides is 3. The molecule has 6 nitrogen and oxygen atoms in total. The molecule has 0 saturated carbocycles. The lowest BCUT2D eigenvalue weighted by atomic mass is 10.1. The van der Waals surface area contributed by atoms with Gasteiger partial charge in [-0.15, -0.1) is 35.3 Å². The monoisotopic (exact) mass is 534 g/mol. The lowest BCUT2D eigenvalue weighted by Crippen LogP contribution is -2.47. The number of ether oxygens (including phenoxy) is 2. The zero-order valence-corrected chi connectivity index (χ0v) is 18.9. The van der Waals surface area contributed by atoms with Crippen molar-refractivity contribution in [1.29, 1.82) is 0 Å². The van der Waals surface area contributed by atoms with E-state index in [0.717, 1.165) is 62.1 Å². The summed E-state index contributed by atoms with van der Waals surface area (Å²) in [4.78, 5) is 9.98. The molecule has 160 valence electrons.